The van der Waals surface area contributed by atoms with Crippen molar-refractivity contribution in [2.75, 3.05) is 11.1 Å². The number of sulfone groups is 1. The highest BCUT2D eigenvalue weighted by Crippen LogP contribution is 2.50. The third kappa shape index (κ3) is 3.07. The van der Waals surface area contributed by atoms with Gasteiger partial charge in [0.1, 0.15) is 0 Å². The van der Waals surface area contributed by atoms with Crippen molar-refractivity contribution in [3.8, 4) is 0 Å². The van der Waals surface area contributed by atoms with Gasteiger partial charge in [0.15, 0.2) is 9.84 Å². The van der Waals surface area contributed by atoms with Gasteiger partial charge in [-0.25, -0.2) is 8.42 Å². The van der Waals surface area contributed by atoms with Crippen molar-refractivity contribution in [1.82, 2.24) is 0 Å². The molecule has 3 nitrogen and oxygen atoms in total. The molecule has 0 bridgehead atoms. The van der Waals surface area contributed by atoms with Crippen LogP contribution in [0.1, 0.15) is 49.3 Å². The van der Waals surface area contributed by atoms with Gasteiger partial charge >= 0.3 is 0 Å². The average molecular weight is 368 g/mol. The lowest BCUT2D eigenvalue weighted by Crippen LogP contribution is -2.29. The Hall–Kier alpha value is -2.07. The van der Waals surface area contributed by atoms with E-state index in [9.17, 15) is 8.42 Å². The fraction of sp³-hybridized carbons (Fsp3) is 0.364. The van der Waals surface area contributed by atoms with Gasteiger partial charge in [0.25, 0.3) is 0 Å². The van der Waals surface area contributed by atoms with Crippen LogP contribution in [0, 0.1) is 5.92 Å². The first-order valence-electron chi connectivity index (χ1n) is 9.45. The van der Waals surface area contributed by atoms with Gasteiger partial charge in [0.05, 0.1) is 16.7 Å². The molecule has 0 radical (unpaired) electrons. The molecule has 0 amide bonds. The Morgan fingerprint density at radius 1 is 1.12 bits per heavy atom. The number of hydrogen-bond donors (Lipinski definition) is 1. The Labute approximate surface area is 156 Å². The van der Waals surface area contributed by atoms with Gasteiger partial charge in [-0.05, 0) is 48.1 Å². The van der Waals surface area contributed by atoms with Crippen molar-refractivity contribution < 1.29 is 8.42 Å². The Bertz CT molecular complexity index is 918. The summed E-state index contributed by atoms with van der Waals surface area (Å²) >= 11 is 0. The zero-order chi connectivity index (χ0) is 18.1. The lowest BCUT2D eigenvalue weighted by Gasteiger charge is -2.37. The van der Waals surface area contributed by atoms with Crippen LogP contribution in [0.3, 0.4) is 0 Å². The van der Waals surface area contributed by atoms with Crippen molar-refractivity contribution in [2.24, 2.45) is 5.92 Å². The number of fused-ring (bicyclic) bond motifs is 3. The summed E-state index contributed by atoms with van der Waals surface area (Å²) in [6, 6.07) is 16.4. The quantitative estimate of drug-likeness (QED) is 0.749. The SMILES string of the molecule is CCCCS(=O)(=O)c1ccc2c(c1)[C@H]1C=CC[C@H]1[C@@H](c1ccccc1)N2. The molecule has 3 atom stereocenters. The Morgan fingerprint density at radius 3 is 2.69 bits per heavy atom. The van der Waals surface area contributed by atoms with E-state index in [1.54, 1.807) is 6.07 Å². The molecule has 26 heavy (non-hydrogen) atoms. The summed E-state index contributed by atoms with van der Waals surface area (Å²) in [6.07, 6.45) is 7.10. The van der Waals surface area contributed by atoms with E-state index in [4.69, 9.17) is 0 Å². The van der Waals surface area contributed by atoms with Crippen molar-refractivity contribution in [2.45, 2.75) is 43.0 Å². The van der Waals surface area contributed by atoms with Crippen molar-refractivity contribution in [3.05, 3.63) is 71.8 Å². The summed E-state index contributed by atoms with van der Waals surface area (Å²) in [4.78, 5) is 0.462. The van der Waals surface area contributed by atoms with E-state index in [0.717, 1.165) is 24.1 Å². The van der Waals surface area contributed by atoms with Gasteiger partial charge < -0.3 is 5.32 Å². The predicted molar refractivity (Wildman–Crippen MR) is 106 cm³/mol. The third-order valence-electron chi connectivity index (χ3n) is 5.62. The standard InChI is InChI=1S/C22H25NO2S/c1-2-3-14-26(24,25)17-12-13-21-20(15-17)18-10-7-11-19(18)22(23-21)16-8-5-4-6-9-16/h4-10,12-13,15,18-19,22-23H,2-3,11,14H2,1H3/t18-,19+,22+/m0/s1. The van der Waals surface area contributed by atoms with E-state index in [1.807, 2.05) is 25.1 Å². The molecule has 0 unspecified atom stereocenters. The topological polar surface area (TPSA) is 46.2 Å². The maximum absolute atomic E-state index is 12.6. The number of nitrogens with one attached hydrogen (secondary N) is 1. The second-order valence-electron chi connectivity index (χ2n) is 7.31. The molecule has 2 aromatic rings. The number of allylic oxidation sites excluding steroid dienone is 2. The lowest BCUT2D eigenvalue weighted by molar-refractivity contribution is 0.425. The van der Waals surface area contributed by atoms with Crippen LogP contribution in [-0.2, 0) is 9.84 Å². The molecular weight excluding hydrogens is 342 g/mol. The van der Waals surface area contributed by atoms with Crippen LogP contribution in [0.5, 0.6) is 0 Å². The van der Waals surface area contributed by atoms with Crippen molar-refractivity contribution in [1.29, 1.82) is 0 Å². The van der Waals surface area contributed by atoms with Crippen LogP contribution in [0.25, 0.3) is 0 Å². The molecule has 0 saturated heterocycles. The first-order chi connectivity index (χ1) is 12.6. The van der Waals surface area contributed by atoms with Gasteiger partial charge in [-0.1, -0.05) is 55.8 Å². The van der Waals surface area contributed by atoms with Gasteiger partial charge in [-0.2, -0.15) is 0 Å². The minimum absolute atomic E-state index is 0.228. The molecule has 1 N–H and O–H groups in total. The van der Waals surface area contributed by atoms with Gasteiger partial charge in [0.2, 0.25) is 0 Å². The Morgan fingerprint density at radius 2 is 1.92 bits per heavy atom. The molecule has 0 spiro atoms. The summed E-state index contributed by atoms with van der Waals surface area (Å²) < 4.78 is 25.2. The summed E-state index contributed by atoms with van der Waals surface area (Å²) in [7, 11) is -3.20. The molecule has 4 rings (SSSR count). The Kier molecular flexibility index (Phi) is 4.62. The summed E-state index contributed by atoms with van der Waals surface area (Å²) in [5, 5.41) is 3.67. The normalized spacial score (nSPS) is 24.0. The molecule has 1 aliphatic carbocycles. The minimum Gasteiger partial charge on any atom is -0.378 e. The fourth-order valence-corrected chi connectivity index (χ4v) is 5.69. The number of hydrogen-bond acceptors (Lipinski definition) is 3. The van der Waals surface area contributed by atoms with E-state index in [2.05, 4.69) is 41.7 Å². The van der Waals surface area contributed by atoms with Crippen LogP contribution in [-0.4, -0.2) is 14.2 Å². The highest BCUT2D eigenvalue weighted by atomic mass is 32.2. The molecule has 1 heterocycles. The lowest BCUT2D eigenvalue weighted by atomic mass is 9.77. The van der Waals surface area contributed by atoms with Crippen molar-refractivity contribution in [3.63, 3.8) is 0 Å². The predicted octanol–water partition coefficient (Wildman–Crippen LogP) is 5.09. The van der Waals surface area contributed by atoms with E-state index in [1.165, 1.54) is 5.56 Å². The highest BCUT2D eigenvalue weighted by Gasteiger charge is 2.38. The first kappa shape index (κ1) is 17.3. The zero-order valence-electron chi connectivity index (χ0n) is 15.1. The zero-order valence-corrected chi connectivity index (χ0v) is 15.9. The number of anilines is 1. The van der Waals surface area contributed by atoms with Crippen LogP contribution in [0.4, 0.5) is 5.69 Å². The van der Waals surface area contributed by atoms with Gasteiger partial charge in [-0.15, -0.1) is 0 Å². The van der Waals surface area contributed by atoms with Crippen molar-refractivity contribution >= 4 is 15.5 Å². The molecule has 0 fully saturated rings. The maximum atomic E-state index is 12.6. The molecule has 136 valence electrons. The monoisotopic (exact) mass is 367 g/mol. The minimum atomic E-state index is -3.20. The second kappa shape index (κ2) is 6.92. The maximum Gasteiger partial charge on any atom is 0.178 e. The van der Waals surface area contributed by atoms with E-state index in [-0.39, 0.29) is 17.7 Å². The van der Waals surface area contributed by atoms with Crippen LogP contribution < -0.4 is 5.32 Å². The van der Waals surface area contributed by atoms with E-state index < -0.39 is 9.84 Å². The van der Waals surface area contributed by atoms with Gasteiger partial charge in [0, 0.05) is 11.6 Å². The number of rotatable bonds is 5. The molecule has 1 aliphatic heterocycles. The van der Waals surface area contributed by atoms with Crippen LogP contribution in [0.2, 0.25) is 0 Å². The molecule has 4 heteroatoms. The summed E-state index contributed by atoms with van der Waals surface area (Å²) in [6.45, 7) is 2.02. The fourth-order valence-electron chi connectivity index (χ4n) is 4.21. The van der Waals surface area contributed by atoms with Crippen LogP contribution in [0.15, 0.2) is 65.6 Å². The second-order valence-corrected chi connectivity index (χ2v) is 9.42. The largest absolute Gasteiger partial charge is 0.378 e. The number of unbranched alkanes of at least 4 members (excludes halogenated alkanes) is 1. The summed E-state index contributed by atoms with van der Waals surface area (Å²) in [5.41, 5.74) is 3.46. The molecular formula is C22H25NO2S. The number of benzene rings is 2. The van der Waals surface area contributed by atoms with E-state index in [0.29, 0.717) is 17.2 Å². The average Bonchev–Trinajstić information content (AvgIpc) is 3.16. The van der Waals surface area contributed by atoms with Crippen LogP contribution >= 0.6 is 0 Å². The third-order valence-corrected chi connectivity index (χ3v) is 7.42. The smallest absolute Gasteiger partial charge is 0.178 e. The molecule has 0 saturated carbocycles. The van der Waals surface area contributed by atoms with Gasteiger partial charge in [-0.3, -0.25) is 0 Å². The molecule has 0 aromatic heterocycles. The molecule has 2 aromatic carbocycles. The summed E-state index contributed by atoms with van der Waals surface area (Å²) in [5.74, 6) is 0.933. The van der Waals surface area contributed by atoms with E-state index >= 15 is 0 Å². The molecule has 2 aliphatic rings. The first-order valence-corrected chi connectivity index (χ1v) is 11.1. The highest BCUT2D eigenvalue weighted by molar-refractivity contribution is 7.91. The Balaban J connectivity index is 1.71.